The lowest BCUT2D eigenvalue weighted by atomic mass is 10.0. The highest BCUT2D eigenvalue weighted by Gasteiger charge is 2.24. The summed E-state index contributed by atoms with van der Waals surface area (Å²) in [7, 11) is 0. The van der Waals surface area contributed by atoms with Gasteiger partial charge in [0.15, 0.2) is 0 Å². The largest absolute Gasteiger partial charge is 0.466 e. The standard InChI is InChI=1S/C18H23ClN2O4/c1-2-25-17(23)8-7-16(22)21-11-9-15(10-12-21)20-18(24)13-3-5-14(19)6-4-13/h3-6,15H,2,7-12H2,1H3,(H,20,24). The van der Waals surface area contributed by atoms with E-state index in [1.807, 2.05) is 0 Å². The number of esters is 1. The van der Waals surface area contributed by atoms with E-state index in [1.165, 1.54) is 0 Å². The Morgan fingerprint density at radius 1 is 1.16 bits per heavy atom. The lowest BCUT2D eigenvalue weighted by Crippen LogP contribution is -2.46. The zero-order valence-corrected chi connectivity index (χ0v) is 15.1. The van der Waals surface area contributed by atoms with Crippen molar-refractivity contribution in [3.63, 3.8) is 0 Å². The molecule has 1 aromatic rings. The third kappa shape index (κ3) is 6.05. The molecule has 0 atom stereocenters. The minimum Gasteiger partial charge on any atom is -0.466 e. The first-order valence-corrected chi connectivity index (χ1v) is 8.87. The van der Waals surface area contributed by atoms with Crippen molar-refractivity contribution >= 4 is 29.4 Å². The number of nitrogens with one attached hydrogen (secondary N) is 1. The number of hydrogen-bond donors (Lipinski definition) is 1. The Bertz CT molecular complexity index is 610. The molecule has 0 bridgehead atoms. The number of carbonyl (C=O) groups excluding carboxylic acids is 3. The molecule has 1 saturated heterocycles. The van der Waals surface area contributed by atoms with Crippen LogP contribution in [0.15, 0.2) is 24.3 Å². The SMILES string of the molecule is CCOC(=O)CCC(=O)N1CCC(NC(=O)c2ccc(Cl)cc2)CC1. The summed E-state index contributed by atoms with van der Waals surface area (Å²) < 4.78 is 4.82. The molecule has 1 aliphatic rings. The van der Waals surface area contributed by atoms with Gasteiger partial charge < -0.3 is 15.0 Å². The number of ether oxygens (including phenoxy) is 1. The fourth-order valence-electron chi connectivity index (χ4n) is 2.74. The molecule has 0 aromatic heterocycles. The molecule has 2 rings (SSSR count). The van der Waals surface area contributed by atoms with E-state index in [0.717, 1.165) is 0 Å². The van der Waals surface area contributed by atoms with Gasteiger partial charge in [0.05, 0.1) is 13.0 Å². The Kier molecular flexibility index (Phi) is 7.25. The predicted molar refractivity (Wildman–Crippen MR) is 94.4 cm³/mol. The smallest absolute Gasteiger partial charge is 0.306 e. The first kappa shape index (κ1) is 19.2. The van der Waals surface area contributed by atoms with E-state index in [9.17, 15) is 14.4 Å². The average molecular weight is 367 g/mol. The molecule has 25 heavy (non-hydrogen) atoms. The van der Waals surface area contributed by atoms with Crippen LogP contribution in [0.25, 0.3) is 0 Å². The van der Waals surface area contributed by atoms with Gasteiger partial charge in [-0.15, -0.1) is 0 Å². The summed E-state index contributed by atoms with van der Waals surface area (Å²) in [6, 6.07) is 6.78. The summed E-state index contributed by atoms with van der Waals surface area (Å²) in [4.78, 5) is 37.4. The van der Waals surface area contributed by atoms with Crippen LogP contribution in [-0.4, -0.2) is 48.4 Å². The van der Waals surface area contributed by atoms with Crippen LogP contribution in [0.4, 0.5) is 0 Å². The van der Waals surface area contributed by atoms with Crippen molar-refractivity contribution in [2.75, 3.05) is 19.7 Å². The monoisotopic (exact) mass is 366 g/mol. The van der Waals surface area contributed by atoms with Gasteiger partial charge in [0, 0.05) is 36.1 Å². The molecule has 0 spiro atoms. The van der Waals surface area contributed by atoms with E-state index < -0.39 is 0 Å². The first-order valence-electron chi connectivity index (χ1n) is 8.49. The second-order valence-corrected chi connectivity index (χ2v) is 6.38. The first-order chi connectivity index (χ1) is 12.0. The van der Waals surface area contributed by atoms with Gasteiger partial charge in [0.2, 0.25) is 5.91 Å². The van der Waals surface area contributed by atoms with Gasteiger partial charge in [-0.1, -0.05) is 11.6 Å². The molecule has 1 N–H and O–H groups in total. The fraction of sp³-hybridized carbons (Fsp3) is 0.500. The molecule has 1 aliphatic heterocycles. The van der Waals surface area contributed by atoms with Crippen molar-refractivity contribution in [2.45, 2.75) is 38.6 Å². The van der Waals surface area contributed by atoms with Gasteiger partial charge in [-0.2, -0.15) is 0 Å². The normalized spacial score (nSPS) is 14.9. The summed E-state index contributed by atoms with van der Waals surface area (Å²) >= 11 is 5.82. The van der Waals surface area contributed by atoms with Crippen molar-refractivity contribution in [1.82, 2.24) is 10.2 Å². The van der Waals surface area contributed by atoms with Gasteiger partial charge in [-0.3, -0.25) is 14.4 Å². The Morgan fingerprint density at radius 3 is 2.40 bits per heavy atom. The molecule has 6 nitrogen and oxygen atoms in total. The summed E-state index contributed by atoms with van der Waals surface area (Å²) in [6.07, 6.45) is 1.68. The number of piperidine rings is 1. The topological polar surface area (TPSA) is 75.7 Å². The fourth-order valence-corrected chi connectivity index (χ4v) is 2.87. The van der Waals surface area contributed by atoms with E-state index in [4.69, 9.17) is 16.3 Å². The Hall–Kier alpha value is -2.08. The van der Waals surface area contributed by atoms with Crippen molar-refractivity contribution in [3.8, 4) is 0 Å². The van der Waals surface area contributed by atoms with Crippen LogP contribution in [0.1, 0.15) is 43.0 Å². The molecule has 0 radical (unpaired) electrons. The number of benzene rings is 1. The zero-order chi connectivity index (χ0) is 18.2. The predicted octanol–water partition coefficient (Wildman–Crippen LogP) is 2.40. The lowest BCUT2D eigenvalue weighted by Gasteiger charge is -2.32. The number of carbonyl (C=O) groups is 3. The van der Waals surface area contributed by atoms with Gasteiger partial charge >= 0.3 is 5.97 Å². The third-order valence-corrected chi connectivity index (χ3v) is 4.39. The van der Waals surface area contributed by atoms with Crippen LogP contribution in [0.5, 0.6) is 0 Å². The highest BCUT2D eigenvalue weighted by molar-refractivity contribution is 6.30. The minimum atomic E-state index is -0.346. The lowest BCUT2D eigenvalue weighted by molar-refractivity contribution is -0.145. The number of likely N-dealkylation sites (tertiary alicyclic amines) is 1. The van der Waals surface area contributed by atoms with Gasteiger partial charge in [0.1, 0.15) is 0 Å². The maximum atomic E-state index is 12.2. The van der Waals surface area contributed by atoms with Gasteiger partial charge in [0.25, 0.3) is 5.91 Å². The van der Waals surface area contributed by atoms with Crippen LogP contribution in [0.2, 0.25) is 5.02 Å². The number of halogens is 1. The Labute approximate surface area is 152 Å². The molecule has 0 unspecified atom stereocenters. The molecule has 0 aliphatic carbocycles. The van der Waals surface area contributed by atoms with Crippen molar-refractivity contribution in [1.29, 1.82) is 0 Å². The molecule has 1 heterocycles. The molecule has 1 fully saturated rings. The van der Waals surface area contributed by atoms with E-state index >= 15 is 0 Å². The van der Waals surface area contributed by atoms with Gasteiger partial charge in [-0.25, -0.2) is 0 Å². The van der Waals surface area contributed by atoms with E-state index in [0.29, 0.717) is 43.1 Å². The van der Waals surface area contributed by atoms with E-state index in [1.54, 1.807) is 36.1 Å². The molecule has 2 amide bonds. The van der Waals surface area contributed by atoms with Crippen LogP contribution in [-0.2, 0) is 14.3 Å². The Morgan fingerprint density at radius 2 is 1.80 bits per heavy atom. The highest BCUT2D eigenvalue weighted by Crippen LogP contribution is 2.14. The second-order valence-electron chi connectivity index (χ2n) is 5.94. The van der Waals surface area contributed by atoms with Crippen molar-refractivity contribution in [2.24, 2.45) is 0 Å². The number of amides is 2. The average Bonchev–Trinajstić information content (AvgIpc) is 2.61. The van der Waals surface area contributed by atoms with Crippen molar-refractivity contribution < 1.29 is 19.1 Å². The third-order valence-electron chi connectivity index (χ3n) is 4.14. The van der Waals surface area contributed by atoms with Gasteiger partial charge in [-0.05, 0) is 44.0 Å². The number of rotatable bonds is 6. The maximum absolute atomic E-state index is 12.2. The molecular formula is C18H23ClN2O4. The summed E-state index contributed by atoms with van der Waals surface area (Å²) in [5, 5.41) is 3.58. The molecular weight excluding hydrogens is 344 g/mol. The zero-order valence-electron chi connectivity index (χ0n) is 14.3. The second kappa shape index (κ2) is 9.42. The molecule has 1 aromatic carbocycles. The summed E-state index contributed by atoms with van der Waals surface area (Å²) in [6.45, 7) is 3.22. The summed E-state index contributed by atoms with van der Waals surface area (Å²) in [5.74, 6) is -0.528. The van der Waals surface area contributed by atoms with E-state index in [2.05, 4.69) is 5.32 Å². The molecule has 7 heteroatoms. The molecule has 136 valence electrons. The minimum absolute atomic E-state index is 0.0392. The summed E-state index contributed by atoms with van der Waals surface area (Å²) in [5.41, 5.74) is 0.567. The van der Waals surface area contributed by atoms with Crippen LogP contribution >= 0.6 is 11.6 Å². The highest BCUT2D eigenvalue weighted by atomic mass is 35.5. The Balaban J connectivity index is 1.73. The number of nitrogens with zero attached hydrogens (tertiary/aromatic N) is 1. The van der Waals surface area contributed by atoms with E-state index in [-0.39, 0.29) is 36.7 Å². The maximum Gasteiger partial charge on any atom is 0.306 e. The van der Waals surface area contributed by atoms with Crippen molar-refractivity contribution in [3.05, 3.63) is 34.9 Å². The number of hydrogen-bond acceptors (Lipinski definition) is 4. The van der Waals surface area contributed by atoms with Crippen LogP contribution in [0.3, 0.4) is 0 Å². The van der Waals surface area contributed by atoms with Crippen LogP contribution < -0.4 is 5.32 Å². The van der Waals surface area contributed by atoms with Crippen LogP contribution in [0, 0.1) is 0 Å². The molecule has 0 saturated carbocycles. The quantitative estimate of drug-likeness (QED) is 0.784.